The first-order valence-corrected chi connectivity index (χ1v) is 3.79. The molecular weight excluding hydrogens is 156 g/mol. The van der Waals surface area contributed by atoms with Crippen LogP contribution in [0.25, 0.3) is 0 Å². The molecule has 0 spiro atoms. The fourth-order valence-electron chi connectivity index (χ4n) is 0.650. The van der Waals surface area contributed by atoms with E-state index in [0.29, 0.717) is 0 Å². The van der Waals surface area contributed by atoms with Crippen molar-refractivity contribution in [3.8, 4) is 0 Å². The van der Waals surface area contributed by atoms with Gasteiger partial charge in [0.05, 0.1) is 15.3 Å². The first-order chi connectivity index (χ1) is 5.98. The van der Waals surface area contributed by atoms with Gasteiger partial charge in [-0.3, -0.25) is 4.79 Å². The summed E-state index contributed by atoms with van der Waals surface area (Å²) in [5.74, 6) is -0.541. The molecule has 0 bridgehead atoms. The topological polar surface area (TPSA) is 46.5 Å². The summed E-state index contributed by atoms with van der Waals surface area (Å²) in [6, 6.07) is 0. The number of carbonyl (C=O) groups excluding carboxylic acids is 1. The Morgan fingerprint density at radius 3 is 2.17 bits per heavy atom. The van der Waals surface area contributed by atoms with E-state index in [9.17, 15) is 9.90 Å². The number of rotatable bonds is 3. The van der Waals surface area contributed by atoms with Crippen molar-refractivity contribution in [1.29, 1.82) is 0 Å². The van der Waals surface area contributed by atoms with E-state index in [-0.39, 0.29) is 0 Å². The van der Waals surface area contributed by atoms with Gasteiger partial charge in [0.25, 0.3) is 0 Å². The molecule has 1 N–H and O–H groups in total. The smallest absolute Gasteiger partial charge is 0.311 e. The van der Waals surface area contributed by atoms with Gasteiger partial charge in [0.15, 0.2) is 0 Å². The van der Waals surface area contributed by atoms with Crippen molar-refractivity contribution in [1.82, 2.24) is 0 Å². The molecule has 0 aromatic carbocycles. The van der Waals surface area contributed by atoms with E-state index in [1.54, 1.807) is 13.8 Å². The predicted octanol–water partition coefficient (Wildman–Crippen LogP) is 1.20. The SMILES string of the molecule is [2H]C([2H])(O)C(C)(C)C(C)(C)C(=O)OC. The van der Waals surface area contributed by atoms with Crippen molar-refractivity contribution in [3.63, 3.8) is 0 Å². The first kappa shape index (κ1) is 8.05. The Labute approximate surface area is 76.5 Å². The molecule has 0 radical (unpaired) electrons. The van der Waals surface area contributed by atoms with Gasteiger partial charge in [-0.05, 0) is 13.8 Å². The van der Waals surface area contributed by atoms with E-state index in [1.165, 1.54) is 21.0 Å². The lowest BCUT2D eigenvalue weighted by Crippen LogP contribution is -2.42. The van der Waals surface area contributed by atoms with Crippen molar-refractivity contribution >= 4 is 5.97 Å². The molecule has 72 valence electrons. The lowest BCUT2D eigenvalue weighted by molar-refractivity contribution is -0.159. The number of aliphatic hydroxyl groups is 1. The summed E-state index contributed by atoms with van der Waals surface area (Å²) in [6.45, 7) is 3.64. The van der Waals surface area contributed by atoms with Gasteiger partial charge >= 0.3 is 5.97 Å². The highest BCUT2D eigenvalue weighted by molar-refractivity contribution is 5.76. The third-order valence-corrected chi connectivity index (χ3v) is 2.54. The summed E-state index contributed by atoms with van der Waals surface area (Å²) in [7, 11) is 1.24. The lowest BCUT2D eigenvalue weighted by Gasteiger charge is -2.37. The summed E-state index contributed by atoms with van der Waals surface area (Å²) < 4.78 is 19.1. The third-order valence-electron chi connectivity index (χ3n) is 2.54. The van der Waals surface area contributed by atoms with Crippen molar-refractivity contribution in [2.75, 3.05) is 13.7 Å². The highest BCUT2D eigenvalue weighted by atomic mass is 16.5. The zero-order valence-electron chi connectivity index (χ0n) is 10.3. The number of hydrogen-bond acceptors (Lipinski definition) is 3. The van der Waals surface area contributed by atoms with E-state index in [4.69, 9.17) is 2.74 Å². The summed E-state index contributed by atoms with van der Waals surface area (Å²) in [5, 5.41) is 9.35. The minimum atomic E-state index is -2.44. The average molecular weight is 176 g/mol. The van der Waals surface area contributed by atoms with Crippen LogP contribution in [0.1, 0.15) is 30.4 Å². The molecule has 0 aromatic rings. The molecule has 0 aliphatic carbocycles. The molecule has 3 heteroatoms. The van der Waals surface area contributed by atoms with E-state index < -0.39 is 23.4 Å². The summed E-state index contributed by atoms with van der Waals surface area (Å²) in [5.41, 5.74) is -2.33. The molecule has 0 unspecified atom stereocenters. The summed E-state index contributed by atoms with van der Waals surface area (Å²) in [6.07, 6.45) is 0. The maximum atomic E-state index is 11.4. The maximum absolute atomic E-state index is 11.4. The third kappa shape index (κ3) is 1.78. The van der Waals surface area contributed by atoms with Gasteiger partial charge in [-0.25, -0.2) is 0 Å². The van der Waals surface area contributed by atoms with Crippen LogP contribution in [-0.2, 0) is 9.53 Å². The van der Waals surface area contributed by atoms with E-state index >= 15 is 0 Å². The molecule has 0 amide bonds. The van der Waals surface area contributed by atoms with Crippen LogP contribution < -0.4 is 0 Å². The second-order valence-corrected chi connectivity index (χ2v) is 3.85. The standard InChI is InChI=1S/C9H18O3/c1-8(2,6-10)9(3,4)7(11)12-5/h10H,6H2,1-5H3/i6D2. The monoisotopic (exact) mass is 176 g/mol. The Balaban J connectivity index is 5.18. The number of carbonyl (C=O) groups is 1. The molecule has 0 saturated heterocycles. The van der Waals surface area contributed by atoms with Crippen LogP contribution in [0.5, 0.6) is 0 Å². The number of hydrogen-bond donors (Lipinski definition) is 1. The van der Waals surface area contributed by atoms with Crippen LogP contribution in [0.2, 0.25) is 0 Å². The first-order valence-electron chi connectivity index (χ1n) is 4.79. The molecule has 0 rings (SSSR count). The number of ether oxygens (including phenoxy) is 1. The van der Waals surface area contributed by atoms with Crippen molar-refractivity contribution in [3.05, 3.63) is 0 Å². The fourth-order valence-corrected chi connectivity index (χ4v) is 0.650. The molecule has 0 aliphatic heterocycles. The highest BCUT2D eigenvalue weighted by Crippen LogP contribution is 2.38. The fraction of sp³-hybridized carbons (Fsp3) is 0.889. The van der Waals surface area contributed by atoms with Crippen LogP contribution >= 0.6 is 0 Å². The van der Waals surface area contributed by atoms with Crippen LogP contribution in [0.4, 0.5) is 0 Å². The molecule has 0 aromatic heterocycles. The van der Waals surface area contributed by atoms with Gasteiger partial charge < -0.3 is 9.84 Å². The van der Waals surface area contributed by atoms with Crippen LogP contribution in [0.3, 0.4) is 0 Å². The molecule has 12 heavy (non-hydrogen) atoms. The predicted molar refractivity (Wildman–Crippen MR) is 46.7 cm³/mol. The zero-order valence-corrected chi connectivity index (χ0v) is 8.26. The van der Waals surface area contributed by atoms with Gasteiger partial charge in [0, 0.05) is 12.0 Å². The molecular formula is C9H18O3. The highest BCUT2D eigenvalue weighted by Gasteiger charge is 2.43. The normalized spacial score (nSPS) is 16.5. The quantitative estimate of drug-likeness (QED) is 0.657. The lowest BCUT2D eigenvalue weighted by atomic mass is 9.68. The Hall–Kier alpha value is -0.570. The van der Waals surface area contributed by atoms with E-state index in [0.717, 1.165) is 0 Å². The minimum Gasteiger partial charge on any atom is -0.469 e. The van der Waals surface area contributed by atoms with Crippen LogP contribution in [0.15, 0.2) is 0 Å². The van der Waals surface area contributed by atoms with E-state index in [1.807, 2.05) is 0 Å². The van der Waals surface area contributed by atoms with Gasteiger partial charge in [0.2, 0.25) is 0 Å². The van der Waals surface area contributed by atoms with E-state index in [2.05, 4.69) is 4.74 Å². The van der Waals surface area contributed by atoms with Gasteiger partial charge in [-0.2, -0.15) is 0 Å². The zero-order chi connectivity index (χ0) is 11.8. The number of esters is 1. The Morgan fingerprint density at radius 1 is 1.50 bits per heavy atom. The molecule has 3 nitrogen and oxygen atoms in total. The molecule has 0 heterocycles. The Morgan fingerprint density at radius 2 is 1.92 bits per heavy atom. The van der Waals surface area contributed by atoms with Crippen molar-refractivity contribution in [2.45, 2.75) is 27.7 Å². The van der Waals surface area contributed by atoms with Crippen molar-refractivity contribution < 1.29 is 17.4 Å². The van der Waals surface area contributed by atoms with Crippen molar-refractivity contribution in [2.24, 2.45) is 10.8 Å². The van der Waals surface area contributed by atoms with Crippen LogP contribution in [-0.4, -0.2) is 24.7 Å². The van der Waals surface area contributed by atoms with Crippen LogP contribution in [0, 0.1) is 10.8 Å². The molecule has 0 aliphatic rings. The van der Waals surface area contributed by atoms with Gasteiger partial charge in [-0.1, -0.05) is 13.8 Å². The Kier molecular flexibility index (Phi) is 2.30. The second kappa shape index (κ2) is 3.44. The maximum Gasteiger partial charge on any atom is 0.311 e. The average Bonchev–Trinajstić information content (AvgIpc) is 2.00. The number of methoxy groups -OCH3 is 1. The molecule has 0 atom stereocenters. The van der Waals surface area contributed by atoms with Gasteiger partial charge in [-0.15, -0.1) is 0 Å². The second-order valence-electron chi connectivity index (χ2n) is 3.85. The minimum absolute atomic E-state index is 0.541. The van der Waals surface area contributed by atoms with Gasteiger partial charge in [0.1, 0.15) is 0 Å². The summed E-state index contributed by atoms with van der Waals surface area (Å²) in [4.78, 5) is 11.4. The molecule has 0 saturated carbocycles. The molecule has 0 fully saturated rings. The summed E-state index contributed by atoms with van der Waals surface area (Å²) >= 11 is 0. The Bertz CT molecular complexity index is 229. The largest absolute Gasteiger partial charge is 0.469 e.